The molecule has 0 aliphatic carbocycles. The minimum absolute atomic E-state index is 0.594. The van der Waals surface area contributed by atoms with Crippen LogP contribution in [0.5, 0.6) is 5.75 Å². The van der Waals surface area contributed by atoms with Crippen molar-refractivity contribution in [3.8, 4) is 5.75 Å². The molecule has 0 amide bonds. The number of nitrogens with zero attached hydrogens (tertiary/aromatic N) is 3. The third kappa shape index (κ3) is 3.99. The normalized spacial score (nSPS) is 11.2. The Balaban J connectivity index is 2.28. The van der Waals surface area contributed by atoms with Gasteiger partial charge >= 0.3 is 0 Å². The maximum Gasteiger partial charge on any atom is 0.229 e. The fourth-order valence-corrected chi connectivity index (χ4v) is 2.29. The molecule has 0 unspecified atom stereocenters. The summed E-state index contributed by atoms with van der Waals surface area (Å²) in [6.07, 6.45) is 5.05. The van der Waals surface area contributed by atoms with Crippen LogP contribution in [0.2, 0.25) is 13.1 Å². The first-order chi connectivity index (χ1) is 9.15. The van der Waals surface area contributed by atoms with Crippen LogP contribution in [0.1, 0.15) is 11.4 Å². The van der Waals surface area contributed by atoms with Gasteiger partial charge in [-0.25, -0.2) is 15.0 Å². The second-order valence-electron chi connectivity index (χ2n) is 4.50. The Labute approximate surface area is 114 Å². The number of rotatable bonds is 4. The highest BCUT2D eigenvalue weighted by Gasteiger charge is 2.05. The average Bonchev–Trinajstić information content (AvgIpc) is 2.40. The van der Waals surface area contributed by atoms with E-state index < -0.39 is 9.04 Å². The molecule has 5 heteroatoms. The number of aliphatic imine (C=N–C) groups is 1. The van der Waals surface area contributed by atoms with Gasteiger partial charge in [-0.1, -0.05) is 6.07 Å². The van der Waals surface area contributed by atoms with Gasteiger partial charge in [-0.15, -0.1) is 0 Å². The van der Waals surface area contributed by atoms with Crippen molar-refractivity contribution in [1.82, 2.24) is 9.97 Å². The Morgan fingerprint density at radius 1 is 1.21 bits per heavy atom. The van der Waals surface area contributed by atoms with Gasteiger partial charge in [0.2, 0.25) is 9.04 Å². The molecule has 1 heterocycles. The third-order valence-electron chi connectivity index (χ3n) is 2.38. The summed E-state index contributed by atoms with van der Waals surface area (Å²) in [4.78, 5) is 12.7. The fraction of sp³-hybridized carbons (Fsp3) is 0.214. The molecule has 1 aromatic heterocycles. The van der Waals surface area contributed by atoms with Crippen molar-refractivity contribution in [2.45, 2.75) is 20.0 Å². The molecule has 0 radical (unpaired) electrons. The number of hydrogen-bond donors (Lipinski definition) is 0. The highest BCUT2D eigenvalue weighted by Crippen LogP contribution is 2.28. The second-order valence-corrected chi connectivity index (χ2v) is 6.84. The summed E-state index contributed by atoms with van der Waals surface area (Å²) in [5.74, 6) is 1.43. The van der Waals surface area contributed by atoms with Gasteiger partial charge in [0, 0.05) is 12.4 Å². The van der Waals surface area contributed by atoms with Crippen LogP contribution >= 0.6 is 0 Å². The molecule has 19 heavy (non-hydrogen) atoms. The molecule has 1 aromatic carbocycles. The van der Waals surface area contributed by atoms with Gasteiger partial charge in [0.15, 0.2) is 5.82 Å². The molecule has 0 aliphatic rings. The Morgan fingerprint density at radius 3 is 2.63 bits per heavy atom. The molecule has 0 N–H and O–H groups in total. The van der Waals surface area contributed by atoms with Gasteiger partial charge < -0.3 is 4.43 Å². The molecule has 0 bridgehead atoms. The van der Waals surface area contributed by atoms with E-state index in [0.29, 0.717) is 5.82 Å². The molecule has 0 fully saturated rings. The van der Waals surface area contributed by atoms with E-state index in [1.165, 1.54) is 0 Å². The second kappa shape index (κ2) is 6.24. The lowest BCUT2D eigenvalue weighted by Crippen LogP contribution is -2.11. The lowest BCUT2D eigenvalue weighted by Gasteiger charge is -2.12. The molecule has 2 rings (SSSR count). The first kappa shape index (κ1) is 13.4. The maximum atomic E-state index is 5.87. The summed E-state index contributed by atoms with van der Waals surface area (Å²) < 4.78 is 5.87. The van der Waals surface area contributed by atoms with Crippen LogP contribution < -0.4 is 4.43 Å². The van der Waals surface area contributed by atoms with Crippen LogP contribution in [0.4, 0.5) is 5.69 Å². The van der Waals surface area contributed by atoms with Gasteiger partial charge in [-0.2, -0.15) is 0 Å². The topological polar surface area (TPSA) is 47.4 Å². The number of hydrogen-bond acceptors (Lipinski definition) is 4. The highest BCUT2D eigenvalue weighted by atomic mass is 28.3. The van der Waals surface area contributed by atoms with Crippen molar-refractivity contribution in [2.75, 3.05) is 0 Å². The van der Waals surface area contributed by atoms with Crippen LogP contribution in [-0.2, 0) is 0 Å². The lowest BCUT2D eigenvalue weighted by molar-refractivity contribution is 0.582. The predicted octanol–water partition coefficient (Wildman–Crippen LogP) is 2.90. The zero-order valence-electron chi connectivity index (χ0n) is 11.4. The first-order valence-corrected chi connectivity index (χ1v) is 9.01. The molecule has 0 spiro atoms. The van der Waals surface area contributed by atoms with Gasteiger partial charge in [-0.3, -0.25) is 0 Å². The van der Waals surface area contributed by atoms with Crippen molar-refractivity contribution in [1.29, 1.82) is 0 Å². The number of benzene rings is 1. The largest absolute Gasteiger partial charge is 0.546 e. The predicted molar refractivity (Wildman–Crippen MR) is 80.0 cm³/mol. The fourth-order valence-electron chi connectivity index (χ4n) is 1.59. The third-order valence-corrected chi connectivity index (χ3v) is 3.11. The zero-order chi connectivity index (χ0) is 13.7. The van der Waals surface area contributed by atoms with Crippen molar-refractivity contribution in [3.63, 3.8) is 0 Å². The number of aryl methyl sites for hydroxylation is 1. The summed E-state index contributed by atoms with van der Waals surface area (Å²) >= 11 is 0. The Morgan fingerprint density at radius 2 is 1.95 bits per heavy atom. The van der Waals surface area contributed by atoms with E-state index in [2.05, 4.69) is 28.1 Å². The minimum atomic E-state index is -1.14. The Kier molecular flexibility index (Phi) is 4.41. The Bertz CT molecular complexity index is 570. The summed E-state index contributed by atoms with van der Waals surface area (Å²) in [6.45, 7) is 6.30. The smallest absolute Gasteiger partial charge is 0.229 e. The highest BCUT2D eigenvalue weighted by molar-refractivity contribution is 6.49. The molecule has 0 atom stereocenters. The van der Waals surface area contributed by atoms with Crippen molar-refractivity contribution >= 4 is 20.9 Å². The van der Waals surface area contributed by atoms with E-state index in [1.807, 2.05) is 25.1 Å². The van der Waals surface area contributed by atoms with Crippen molar-refractivity contribution in [3.05, 3.63) is 48.0 Å². The summed E-state index contributed by atoms with van der Waals surface area (Å²) in [5, 5.41) is 0. The molecular weight excluding hydrogens is 254 g/mol. The molecular formula is C14H17N3OSi. The van der Waals surface area contributed by atoms with E-state index in [1.54, 1.807) is 24.7 Å². The van der Waals surface area contributed by atoms with Crippen molar-refractivity contribution in [2.24, 2.45) is 4.99 Å². The summed E-state index contributed by atoms with van der Waals surface area (Å²) in [6, 6.07) is 7.79. The standard InChI is InChI=1S/C14H17N3OSi/c1-11-5-6-13(18-19(2)3)12(9-11)17-10-14-15-7-4-8-16-14/h4-10,19H,1-3H3. The maximum absolute atomic E-state index is 5.87. The minimum Gasteiger partial charge on any atom is -0.546 e. The van der Waals surface area contributed by atoms with Gasteiger partial charge in [-0.05, 0) is 43.8 Å². The molecule has 4 nitrogen and oxygen atoms in total. The van der Waals surface area contributed by atoms with Crippen LogP contribution in [0.25, 0.3) is 0 Å². The molecule has 0 aliphatic heterocycles. The van der Waals surface area contributed by atoms with E-state index >= 15 is 0 Å². The zero-order valence-corrected chi connectivity index (χ0v) is 12.5. The summed E-state index contributed by atoms with van der Waals surface area (Å²) in [7, 11) is -1.14. The van der Waals surface area contributed by atoms with Crippen LogP contribution in [0.3, 0.4) is 0 Å². The lowest BCUT2D eigenvalue weighted by atomic mass is 10.2. The quantitative estimate of drug-likeness (QED) is 0.634. The van der Waals surface area contributed by atoms with Gasteiger partial charge in [0.25, 0.3) is 0 Å². The Hall–Kier alpha value is -2.01. The van der Waals surface area contributed by atoms with Gasteiger partial charge in [0.1, 0.15) is 11.4 Å². The van der Waals surface area contributed by atoms with Crippen LogP contribution in [0.15, 0.2) is 41.7 Å². The average molecular weight is 271 g/mol. The molecule has 98 valence electrons. The van der Waals surface area contributed by atoms with E-state index in [9.17, 15) is 0 Å². The van der Waals surface area contributed by atoms with E-state index in [4.69, 9.17) is 4.43 Å². The molecule has 0 saturated heterocycles. The molecule has 0 saturated carbocycles. The van der Waals surface area contributed by atoms with E-state index in [-0.39, 0.29) is 0 Å². The number of aromatic nitrogens is 2. The SMILES string of the molecule is Cc1ccc(O[SiH](C)C)c(N=Cc2ncccn2)c1. The van der Waals surface area contributed by atoms with Gasteiger partial charge in [0.05, 0.1) is 6.21 Å². The van der Waals surface area contributed by atoms with E-state index in [0.717, 1.165) is 17.0 Å². The summed E-state index contributed by atoms with van der Waals surface area (Å²) in [5.41, 5.74) is 1.98. The first-order valence-electron chi connectivity index (χ1n) is 6.23. The van der Waals surface area contributed by atoms with Crippen LogP contribution in [0, 0.1) is 6.92 Å². The van der Waals surface area contributed by atoms with Crippen molar-refractivity contribution < 1.29 is 4.43 Å². The van der Waals surface area contributed by atoms with Crippen LogP contribution in [-0.4, -0.2) is 25.2 Å². The monoisotopic (exact) mass is 271 g/mol. The molecule has 2 aromatic rings.